The summed E-state index contributed by atoms with van der Waals surface area (Å²) in [5.74, 6) is 0.948. The van der Waals surface area contributed by atoms with Gasteiger partial charge in [-0.15, -0.1) is 0 Å². The first-order valence-electron chi connectivity index (χ1n) is 8.00. The zero-order valence-corrected chi connectivity index (χ0v) is 13.5. The second kappa shape index (κ2) is 8.42. The topological polar surface area (TPSA) is 29.5 Å². The highest BCUT2D eigenvalue weighted by atomic mass is 16.5. The predicted molar refractivity (Wildman–Crippen MR) is 89.9 cm³/mol. The number of likely N-dealkylation sites (tertiary alicyclic amines) is 1. The molecule has 3 nitrogen and oxygen atoms in total. The van der Waals surface area contributed by atoms with Crippen molar-refractivity contribution in [1.29, 1.82) is 0 Å². The summed E-state index contributed by atoms with van der Waals surface area (Å²) in [5.41, 5.74) is 1.19. The molecule has 0 aliphatic carbocycles. The minimum absolute atomic E-state index is 0.0980. The van der Waals surface area contributed by atoms with E-state index in [0.29, 0.717) is 0 Å². The molecule has 0 aromatic heterocycles. The van der Waals surface area contributed by atoms with Crippen LogP contribution in [0, 0.1) is 0 Å². The third-order valence-electron chi connectivity index (χ3n) is 4.08. The average Bonchev–Trinajstić information content (AvgIpc) is 2.81. The number of allylic oxidation sites excluding steroid dienone is 3. The fraction of sp³-hybridized carbons (Fsp3) is 0.421. The Morgan fingerprint density at radius 1 is 1.18 bits per heavy atom. The lowest BCUT2D eigenvalue weighted by Crippen LogP contribution is -2.33. The largest absolute Gasteiger partial charge is 0.497 e. The van der Waals surface area contributed by atoms with Crippen molar-refractivity contribution in [2.45, 2.75) is 38.6 Å². The molecule has 0 spiro atoms. The SMILES string of the molecule is C/C=C/C=C/C(=O)N1CCCCCC1c1ccc(OC)cc1. The van der Waals surface area contributed by atoms with E-state index in [9.17, 15) is 4.79 Å². The van der Waals surface area contributed by atoms with Crippen LogP contribution >= 0.6 is 0 Å². The predicted octanol–water partition coefficient (Wildman–Crippen LogP) is 4.27. The van der Waals surface area contributed by atoms with Gasteiger partial charge in [-0.3, -0.25) is 4.79 Å². The van der Waals surface area contributed by atoms with E-state index in [1.165, 1.54) is 18.4 Å². The number of methoxy groups -OCH3 is 1. The Bertz CT molecular complexity index is 531. The Morgan fingerprint density at radius 3 is 2.64 bits per heavy atom. The first-order valence-corrected chi connectivity index (χ1v) is 8.00. The van der Waals surface area contributed by atoms with Crippen molar-refractivity contribution in [1.82, 2.24) is 4.90 Å². The number of carbonyl (C=O) groups excluding carboxylic acids is 1. The summed E-state index contributed by atoms with van der Waals surface area (Å²) in [6.45, 7) is 2.77. The lowest BCUT2D eigenvalue weighted by Gasteiger charge is -2.29. The van der Waals surface area contributed by atoms with Crippen molar-refractivity contribution in [2.24, 2.45) is 0 Å². The van der Waals surface area contributed by atoms with Gasteiger partial charge in [0.25, 0.3) is 0 Å². The summed E-state index contributed by atoms with van der Waals surface area (Å²) in [6.07, 6.45) is 11.8. The van der Waals surface area contributed by atoms with Gasteiger partial charge < -0.3 is 9.64 Å². The number of hydrogen-bond acceptors (Lipinski definition) is 2. The average molecular weight is 299 g/mol. The molecule has 1 aliphatic rings. The maximum absolute atomic E-state index is 12.5. The standard InChI is InChI=1S/C19H25NO2/c1-3-4-6-10-19(21)20-15-8-5-7-9-18(20)16-11-13-17(22-2)14-12-16/h3-4,6,10-14,18H,5,7-9,15H2,1-2H3/b4-3+,10-6+. The van der Waals surface area contributed by atoms with Crippen LogP contribution in [0.25, 0.3) is 0 Å². The second-order valence-electron chi connectivity index (χ2n) is 5.55. The third kappa shape index (κ3) is 4.23. The number of rotatable bonds is 4. The minimum Gasteiger partial charge on any atom is -0.497 e. The monoisotopic (exact) mass is 299 g/mol. The number of benzene rings is 1. The number of nitrogens with zero attached hydrogens (tertiary/aromatic N) is 1. The number of ether oxygens (including phenoxy) is 1. The van der Waals surface area contributed by atoms with Crippen LogP contribution in [0.1, 0.15) is 44.2 Å². The van der Waals surface area contributed by atoms with E-state index >= 15 is 0 Å². The highest BCUT2D eigenvalue weighted by Crippen LogP contribution is 2.31. The van der Waals surface area contributed by atoms with E-state index in [1.54, 1.807) is 13.2 Å². The number of hydrogen-bond donors (Lipinski definition) is 0. The Kier molecular flexibility index (Phi) is 6.26. The van der Waals surface area contributed by atoms with Gasteiger partial charge >= 0.3 is 0 Å². The maximum atomic E-state index is 12.5. The first-order chi connectivity index (χ1) is 10.8. The molecular weight excluding hydrogens is 274 g/mol. The van der Waals surface area contributed by atoms with E-state index < -0.39 is 0 Å². The molecule has 118 valence electrons. The Balaban J connectivity index is 2.20. The van der Waals surface area contributed by atoms with Gasteiger partial charge in [0, 0.05) is 12.6 Å². The van der Waals surface area contributed by atoms with Crippen LogP contribution < -0.4 is 4.74 Å². The second-order valence-corrected chi connectivity index (χ2v) is 5.55. The molecule has 1 aromatic carbocycles. The molecule has 0 saturated carbocycles. The normalized spacial score (nSPS) is 19.5. The molecule has 1 unspecified atom stereocenters. The van der Waals surface area contributed by atoms with Gasteiger partial charge in [-0.05, 0) is 37.5 Å². The summed E-state index contributed by atoms with van der Waals surface area (Å²) in [7, 11) is 1.67. The molecule has 1 saturated heterocycles. The number of carbonyl (C=O) groups is 1. The van der Waals surface area contributed by atoms with E-state index in [2.05, 4.69) is 12.1 Å². The van der Waals surface area contributed by atoms with Gasteiger partial charge in [-0.2, -0.15) is 0 Å². The summed E-state index contributed by atoms with van der Waals surface area (Å²) >= 11 is 0. The molecule has 1 aromatic rings. The first kappa shape index (κ1) is 16.3. The molecule has 0 bridgehead atoms. The van der Waals surface area contributed by atoms with Crippen LogP contribution in [0.5, 0.6) is 5.75 Å². The summed E-state index contributed by atoms with van der Waals surface area (Å²) < 4.78 is 5.22. The maximum Gasteiger partial charge on any atom is 0.247 e. The summed E-state index contributed by atoms with van der Waals surface area (Å²) in [4.78, 5) is 14.5. The van der Waals surface area contributed by atoms with Crippen molar-refractivity contribution in [2.75, 3.05) is 13.7 Å². The molecule has 1 aliphatic heterocycles. The lowest BCUT2D eigenvalue weighted by atomic mass is 10.0. The van der Waals surface area contributed by atoms with Crippen molar-refractivity contribution >= 4 is 5.91 Å². The van der Waals surface area contributed by atoms with Gasteiger partial charge in [0.1, 0.15) is 5.75 Å². The molecule has 1 fully saturated rings. The van der Waals surface area contributed by atoms with Crippen LogP contribution in [-0.2, 0) is 4.79 Å². The Morgan fingerprint density at radius 2 is 1.95 bits per heavy atom. The molecular formula is C19H25NO2. The molecule has 0 radical (unpaired) electrons. The molecule has 1 atom stereocenters. The summed E-state index contributed by atoms with van der Waals surface area (Å²) in [6, 6.07) is 8.25. The number of amides is 1. The van der Waals surface area contributed by atoms with Crippen LogP contribution in [0.15, 0.2) is 48.6 Å². The van der Waals surface area contributed by atoms with E-state index in [4.69, 9.17) is 4.74 Å². The van der Waals surface area contributed by atoms with Gasteiger partial charge in [0.2, 0.25) is 5.91 Å². The third-order valence-corrected chi connectivity index (χ3v) is 4.08. The zero-order valence-electron chi connectivity index (χ0n) is 13.5. The summed E-state index contributed by atoms with van der Waals surface area (Å²) in [5, 5.41) is 0. The Labute approximate surface area is 133 Å². The van der Waals surface area contributed by atoms with Crippen molar-refractivity contribution in [3.8, 4) is 5.75 Å². The van der Waals surface area contributed by atoms with E-state index in [0.717, 1.165) is 25.1 Å². The highest BCUT2D eigenvalue weighted by molar-refractivity contribution is 5.88. The van der Waals surface area contributed by atoms with Gasteiger partial charge in [0.05, 0.1) is 13.2 Å². The minimum atomic E-state index is 0.0980. The van der Waals surface area contributed by atoms with Gasteiger partial charge in [-0.25, -0.2) is 0 Å². The smallest absolute Gasteiger partial charge is 0.247 e. The molecule has 3 heteroatoms. The van der Waals surface area contributed by atoms with E-state index in [1.807, 2.05) is 42.2 Å². The van der Waals surface area contributed by atoms with Crippen LogP contribution in [-0.4, -0.2) is 24.5 Å². The van der Waals surface area contributed by atoms with Crippen LogP contribution in [0.2, 0.25) is 0 Å². The van der Waals surface area contributed by atoms with Gasteiger partial charge in [0.15, 0.2) is 0 Å². The quantitative estimate of drug-likeness (QED) is 0.614. The van der Waals surface area contributed by atoms with E-state index in [-0.39, 0.29) is 11.9 Å². The highest BCUT2D eigenvalue weighted by Gasteiger charge is 2.25. The zero-order chi connectivity index (χ0) is 15.8. The fourth-order valence-corrected chi connectivity index (χ4v) is 2.89. The van der Waals surface area contributed by atoms with Crippen LogP contribution in [0.3, 0.4) is 0 Å². The lowest BCUT2D eigenvalue weighted by molar-refractivity contribution is -0.128. The molecule has 1 amide bonds. The molecule has 1 heterocycles. The molecule has 2 rings (SSSR count). The van der Waals surface area contributed by atoms with Crippen molar-refractivity contribution in [3.05, 3.63) is 54.1 Å². The molecule has 22 heavy (non-hydrogen) atoms. The molecule has 0 N–H and O–H groups in total. The van der Waals surface area contributed by atoms with Gasteiger partial charge in [-0.1, -0.05) is 43.2 Å². The van der Waals surface area contributed by atoms with Crippen molar-refractivity contribution in [3.63, 3.8) is 0 Å². The van der Waals surface area contributed by atoms with Crippen molar-refractivity contribution < 1.29 is 9.53 Å². The fourth-order valence-electron chi connectivity index (χ4n) is 2.89. The Hall–Kier alpha value is -2.03. The van der Waals surface area contributed by atoms with Crippen LogP contribution in [0.4, 0.5) is 0 Å².